The van der Waals surface area contributed by atoms with E-state index < -0.39 is 10.8 Å². The van der Waals surface area contributed by atoms with Crippen molar-refractivity contribution >= 4 is 39.0 Å². The number of nitro groups is 1. The molecule has 0 atom stereocenters. The van der Waals surface area contributed by atoms with Crippen molar-refractivity contribution in [2.24, 2.45) is 0 Å². The van der Waals surface area contributed by atoms with E-state index in [0.717, 1.165) is 27.5 Å². The van der Waals surface area contributed by atoms with Crippen LogP contribution in [-0.2, 0) is 6.54 Å². The van der Waals surface area contributed by atoms with Gasteiger partial charge in [0.1, 0.15) is 17.0 Å². The molecule has 0 aliphatic rings. The smallest absolute Gasteiger partial charge is 0.288 e. The summed E-state index contributed by atoms with van der Waals surface area (Å²) in [5.41, 5.74) is 6.16. The summed E-state index contributed by atoms with van der Waals surface area (Å²) in [5, 5.41) is 14.1. The number of nitrogens with two attached hydrogens (primary N) is 1. The van der Waals surface area contributed by atoms with Crippen LogP contribution < -0.4 is 11.1 Å². The molecule has 3 N–H and O–H groups in total. The van der Waals surface area contributed by atoms with Crippen LogP contribution in [-0.4, -0.2) is 20.8 Å². The number of para-hydroxylation sites is 1. The van der Waals surface area contributed by atoms with E-state index in [2.05, 4.69) is 15.3 Å². The molecule has 0 saturated heterocycles. The molecule has 0 aliphatic heterocycles. The highest BCUT2D eigenvalue weighted by Crippen LogP contribution is 2.22. The Labute approximate surface area is 134 Å². The summed E-state index contributed by atoms with van der Waals surface area (Å²) in [6.45, 7) is 0.209. The van der Waals surface area contributed by atoms with Gasteiger partial charge in [-0.2, -0.15) is 0 Å². The van der Waals surface area contributed by atoms with Gasteiger partial charge >= 0.3 is 0 Å². The number of nitrogens with one attached hydrogen (secondary N) is 1. The number of rotatable bonds is 4. The summed E-state index contributed by atoms with van der Waals surface area (Å²) in [6, 6.07) is 8.74. The summed E-state index contributed by atoms with van der Waals surface area (Å²) >= 11 is 1.47. The summed E-state index contributed by atoms with van der Waals surface area (Å²) in [6.07, 6.45) is 1.01. The Hall–Kier alpha value is -3.07. The lowest BCUT2D eigenvalue weighted by Crippen LogP contribution is -2.24. The first-order valence-electron chi connectivity index (χ1n) is 6.57. The minimum Gasteiger partial charge on any atom is -0.383 e. The molecule has 8 nitrogen and oxygen atoms in total. The van der Waals surface area contributed by atoms with E-state index in [9.17, 15) is 14.9 Å². The van der Waals surface area contributed by atoms with Gasteiger partial charge in [0.05, 0.1) is 27.2 Å². The van der Waals surface area contributed by atoms with Crippen LogP contribution in [0.25, 0.3) is 10.2 Å². The highest BCUT2D eigenvalue weighted by Gasteiger charge is 2.16. The number of fused-ring (bicyclic) bond motifs is 1. The molecule has 1 aromatic carbocycles. The van der Waals surface area contributed by atoms with E-state index in [1.54, 1.807) is 0 Å². The Morgan fingerprint density at radius 1 is 1.39 bits per heavy atom. The molecule has 0 saturated carbocycles. The molecule has 0 bridgehead atoms. The number of carbonyl (C=O) groups is 1. The normalized spacial score (nSPS) is 10.6. The zero-order valence-electron chi connectivity index (χ0n) is 11.7. The topological polar surface area (TPSA) is 124 Å². The third-order valence-corrected chi connectivity index (χ3v) is 4.13. The molecule has 23 heavy (non-hydrogen) atoms. The zero-order chi connectivity index (χ0) is 16.4. The predicted molar refractivity (Wildman–Crippen MR) is 86.1 cm³/mol. The molecule has 116 valence electrons. The maximum absolute atomic E-state index is 12.2. The van der Waals surface area contributed by atoms with Gasteiger partial charge in [0.2, 0.25) is 0 Å². The second-order valence-electron chi connectivity index (χ2n) is 4.64. The number of pyridine rings is 1. The highest BCUT2D eigenvalue weighted by molar-refractivity contribution is 7.18. The monoisotopic (exact) mass is 329 g/mol. The van der Waals surface area contributed by atoms with Crippen LogP contribution in [0.5, 0.6) is 0 Å². The fourth-order valence-corrected chi connectivity index (χ4v) is 2.90. The summed E-state index contributed by atoms with van der Waals surface area (Å²) < 4.78 is 1.02. The van der Waals surface area contributed by atoms with Crippen molar-refractivity contribution < 1.29 is 9.72 Å². The Balaban J connectivity index is 1.76. The third-order valence-electron chi connectivity index (χ3n) is 3.10. The number of aromatic nitrogens is 2. The molecule has 0 spiro atoms. The average molecular weight is 329 g/mol. The van der Waals surface area contributed by atoms with Crippen LogP contribution in [0, 0.1) is 10.1 Å². The van der Waals surface area contributed by atoms with Crippen molar-refractivity contribution in [3.05, 3.63) is 57.2 Å². The van der Waals surface area contributed by atoms with E-state index in [1.807, 2.05) is 24.3 Å². The number of amides is 1. The molecule has 0 radical (unpaired) electrons. The number of thiazole rings is 1. The van der Waals surface area contributed by atoms with E-state index >= 15 is 0 Å². The number of anilines is 1. The lowest BCUT2D eigenvalue weighted by molar-refractivity contribution is -0.385. The van der Waals surface area contributed by atoms with Crippen molar-refractivity contribution in [1.29, 1.82) is 0 Å². The van der Waals surface area contributed by atoms with Crippen LogP contribution in [0.2, 0.25) is 0 Å². The quantitative estimate of drug-likeness (QED) is 0.558. The molecule has 1 amide bonds. The average Bonchev–Trinajstić information content (AvgIpc) is 2.95. The Bertz CT molecular complexity index is 875. The minimum atomic E-state index is -0.628. The van der Waals surface area contributed by atoms with E-state index in [0.29, 0.717) is 0 Å². The molecule has 0 aliphatic carbocycles. The van der Waals surface area contributed by atoms with Crippen molar-refractivity contribution in [2.75, 3.05) is 5.73 Å². The molecule has 3 rings (SSSR count). The van der Waals surface area contributed by atoms with Crippen molar-refractivity contribution in [2.45, 2.75) is 6.54 Å². The van der Waals surface area contributed by atoms with Gasteiger partial charge in [-0.05, 0) is 12.1 Å². The minimum absolute atomic E-state index is 0.0275. The standard InChI is InChI=1S/C14H11N5O3S/c15-13-9(5-8(6-16-13)19(21)22)14(20)17-7-12-18-10-3-1-2-4-11(10)23-12/h1-6H,7H2,(H2,15,16)(H,17,20). The van der Waals surface area contributed by atoms with Crippen LogP contribution in [0.15, 0.2) is 36.5 Å². The van der Waals surface area contributed by atoms with Crippen LogP contribution in [0.4, 0.5) is 11.5 Å². The SMILES string of the molecule is Nc1ncc([N+](=O)[O-])cc1C(=O)NCc1nc2ccccc2s1. The third kappa shape index (κ3) is 3.09. The van der Waals surface area contributed by atoms with Crippen LogP contribution in [0.1, 0.15) is 15.4 Å². The largest absolute Gasteiger partial charge is 0.383 e. The number of nitrogens with zero attached hydrogens (tertiary/aromatic N) is 3. The van der Waals surface area contributed by atoms with Gasteiger partial charge < -0.3 is 11.1 Å². The molecule has 2 aromatic heterocycles. The first-order chi connectivity index (χ1) is 11.0. The number of benzene rings is 1. The van der Waals surface area contributed by atoms with Gasteiger partial charge in [-0.15, -0.1) is 11.3 Å². The summed E-state index contributed by atoms with van der Waals surface area (Å²) in [4.78, 5) is 30.3. The first kappa shape index (κ1) is 14.9. The molecular weight excluding hydrogens is 318 g/mol. The van der Waals surface area contributed by atoms with E-state index in [4.69, 9.17) is 5.73 Å². The fraction of sp³-hybridized carbons (Fsp3) is 0.0714. The Kier molecular flexibility index (Phi) is 3.85. The second-order valence-corrected chi connectivity index (χ2v) is 5.76. The summed E-state index contributed by atoms with van der Waals surface area (Å²) in [7, 11) is 0. The highest BCUT2D eigenvalue weighted by atomic mass is 32.1. The van der Waals surface area contributed by atoms with E-state index in [1.165, 1.54) is 11.3 Å². The van der Waals surface area contributed by atoms with Crippen LogP contribution in [0.3, 0.4) is 0 Å². The van der Waals surface area contributed by atoms with Crippen LogP contribution >= 0.6 is 11.3 Å². The fourth-order valence-electron chi connectivity index (χ4n) is 1.99. The first-order valence-corrected chi connectivity index (χ1v) is 7.39. The van der Waals surface area contributed by atoms with Crippen molar-refractivity contribution in [3.8, 4) is 0 Å². The van der Waals surface area contributed by atoms with Crippen molar-refractivity contribution in [1.82, 2.24) is 15.3 Å². The molecule has 0 fully saturated rings. The van der Waals surface area contributed by atoms with Gasteiger partial charge in [-0.1, -0.05) is 12.1 Å². The Morgan fingerprint density at radius 3 is 2.91 bits per heavy atom. The lowest BCUT2D eigenvalue weighted by atomic mass is 10.2. The molecular formula is C14H11N5O3S. The van der Waals surface area contributed by atoms with Gasteiger partial charge in [0.15, 0.2) is 0 Å². The summed E-state index contributed by atoms with van der Waals surface area (Å²) in [5.74, 6) is -0.588. The van der Waals surface area contributed by atoms with Gasteiger partial charge in [0.25, 0.3) is 11.6 Å². The number of nitrogen functional groups attached to an aromatic ring is 1. The lowest BCUT2D eigenvalue weighted by Gasteiger charge is -2.05. The second kappa shape index (κ2) is 5.97. The number of carbonyl (C=O) groups excluding carboxylic acids is 1. The molecule has 2 heterocycles. The number of hydrogen-bond acceptors (Lipinski definition) is 7. The maximum atomic E-state index is 12.2. The molecule has 9 heteroatoms. The van der Waals surface area contributed by atoms with E-state index in [-0.39, 0.29) is 23.6 Å². The van der Waals surface area contributed by atoms with Gasteiger partial charge in [0, 0.05) is 6.07 Å². The van der Waals surface area contributed by atoms with Gasteiger partial charge in [-0.25, -0.2) is 9.97 Å². The van der Waals surface area contributed by atoms with Crippen molar-refractivity contribution in [3.63, 3.8) is 0 Å². The maximum Gasteiger partial charge on any atom is 0.288 e. The predicted octanol–water partition coefficient (Wildman–Crippen LogP) is 2.11. The Morgan fingerprint density at radius 2 is 2.17 bits per heavy atom. The molecule has 0 unspecified atom stereocenters. The van der Waals surface area contributed by atoms with Gasteiger partial charge in [-0.3, -0.25) is 14.9 Å². The molecule has 3 aromatic rings. The zero-order valence-corrected chi connectivity index (χ0v) is 12.5. The number of hydrogen-bond donors (Lipinski definition) is 2.